The number of benzene rings is 1. The van der Waals surface area contributed by atoms with Crippen molar-refractivity contribution >= 4 is 15.9 Å². The van der Waals surface area contributed by atoms with Crippen LogP contribution in [0.15, 0.2) is 29.7 Å². The van der Waals surface area contributed by atoms with E-state index < -0.39 is 21.2 Å². The number of hydrogen-bond acceptors (Lipinski definition) is 2. The quantitative estimate of drug-likeness (QED) is 0.760. The highest BCUT2D eigenvalue weighted by Gasteiger charge is 2.43. The fourth-order valence-corrected chi connectivity index (χ4v) is 1.35. The van der Waals surface area contributed by atoms with Gasteiger partial charge in [-0.1, -0.05) is 12.1 Å². The summed E-state index contributed by atoms with van der Waals surface area (Å²) in [6, 6.07) is 4.55. The van der Waals surface area contributed by atoms with E-state index in [9.17, 15) is 26.0 Å². The zero-order valence-electron chi connectivity index (χ0n) is 7.70. The van der Waals surface area contributed by atoms with E-state index in [4.69, 9.17) is 0 Å². The van der Waals surface area contributed by atoms with Crippen molar-refractivity contribution < 1.29 is 26.0 Å². The lowest BCUT2D eigenvalue weighted by Gasteiger charge is -2.02. The van der Waals surface area contributed by atoms with Crippen LogP contribution in [-0.4, -0.2) is 13.9 Å². The van der Waals surface area contributed by atoms with Gasteiger partial charge in [-0.25, -0.2) is 12.8 Å². The van der Waals surface area contributed by atoms with Crippen LogP contribution in [-0.2, 0) is 9.84 Å². The lowest BCUT2D eigenvalue weighted by molar-refractivity contribution is -0.0423. The van der Waals surface area contributed by atoms with Gasteiger partial charge in [0.15, 0.2) is 0 Å². The molecule has 0 saturated carbocycles. The van der Waals surface area contributed by atoms with Crippen LogP contribution in [0.25, 0.3) is 6.08 Å². The zero-order chi connectivity index (χ0) is 12.4. The topological polar surface area (TPSA) is 34.1 Å². The third-order valence-corrected chi connectivity index (χ3v) is 2.75. The summed E-state index contributed by atoms with van der Waals surface area (Å²) in [5.74, 6) is -0.661. The summed E-state index contributed by atoms with van der Waals surface area (Å²) < 4.78 is 69.5. The number of halogens is 4. The van der Waals surface area contributed by atoms with Crippen molar-refractivity contribution in [2.45, 2.75) is 5.51 Å². The Labute approximate surface area is 89.1 Å². The summed E-state index contributed by atoms with van der Waals surface area (Å²) >= 11 is 0. The van der Waals surface area contributed by atoms with Gasteiger partial charge in [0.2, 0.25) is 0 Å². The van der Waals surface area contributed by atoms with Gasteiger partial charge in [-0.05, 0) is 23.8 Å². The van der Waals surface area contributed by atoms with E-state index in [2.05, 4.69) is 0 Å². The molecule has 16 heavy (non-hydrogen) atoms. The van der Waals surface area contributed by atoms with Gasteiger partial charge in [-0.3, -0.25) is 0 Å². The van der Waals surface area contributed by atoms with E-state index in [1.807, 2.05) is 0 Å². The van der Waals surface area contributed by atoms with Crippen LogP contribution in [0.1, 0.15) is 5.56 Å². The van der Waals surface area contributed by atoms with Crippen LogP contribution in [0.5, 0.6) is 0 Å². The van der Waals surface area contributed by atoms with Crippen molar-refractivity contribution in [3.8, 4) is 0 Å². The van der Waals surface area contributed by atoms with E-state index in [1.54, 1.807) is 0 Å². The SMILES string of the molecule is O=S(=O)(C=Cc1cccc(F)c1)C(F)(F)F. The first-order valence-electron chi connectivity index (χ1n) is 3.97. The highest BCUT2D eigenvalue weighted by atomic mass is 32.2. The average molecular weight is 254 g/mol. The van der Waals surface area contributed by atoms with Crippen LogP contribution >= 0.6 is 0 Å². The van der Waals surface area contributed by atoms with Crippen LogP contribution in [0.4, 0.5) is 17.6 Å². The molecule has 0 fully saturated rings. The first-order valence-corrected chi connectivity index (χ1v) is 5.52. The molecule has 0 aliphatic heterocycles. The molecule has 88 valence electrons. The van der Waals surface area contributed by atoms with Gasteiger partial charge in [-0.2, -0.15) is 13.2 Å². The van der Waals surface area contributed by atoms with Gasteiger partial charge in [-0.15, -0.1) is 0 Å². The first kappa shape index (κ1) is 12.7. The van der Waals surface area contributed by atoms with E-state index in [0.717, 1.165) is 12.1 Å². The maximum absolute atomic E-state index is 12.6. The highest BCUT2D eigenvalue weighted by Crippen LogP contribution is 2.25. The van der Waals surface area contributed by atoms with Crippen LogP contribution < -0.4 is 0 Å². The van der Waals surface area contributed by atoms with Gasteiger partial charge in [0.25, 0.3) is 9.84 Å². The average Bonchev–Trinajstić information content (AvgIpc) is 2.13. The predicted molar refractivity (Wildman–Crippen MR) is 50.4 cm³/mol. The Hall–Kier alpha value is -1.37. The standard InChI is InChI=1S/C9H6F4O2S/c10-8-3-1-2-7(6-8)4-5-16(14,15)9(11,12)13/h1-6H. The largest absolute Gasteiger partial charge is 0.501 e. The number of rotatable bonds is 2. The molecular formula is C9H6F4O2S. The third kappa shape index (κ3) is 3.06. The highest BCUT2D eigenvalue weighted by molar-refractivity contribution is 7.95. The molecule has 7 heteroatoms. The molecule has 1 aromatic rings. The van der Waals surface area contributed by atoms with E-state index in [0.29, 0.717) is 6.08 Å². The van der Waals surface area contributed by atoms with E-state index in [-0.39, 0.29) is 11.0 Å². The van der Waals surface area contributed by atoms with Crippen molar-refractivity contribution in [2.24, 2.45) is 0 Å². The Bertz CT molecular complexity index is 502. The molecule has 0 aliphatic rings. The van der Waals surface area contributed by atoms with Gasteiger partial charge in [0.1, 0.15) is 5.82 Å². The Kier molecular flexibility index (Phi) is 3.37. The summed E-state index contributed by atoms with van der Waals surface area (Å²) in [5.41, 5.74) is -5.30. The van der Waals surface area contributed by atoms with Crippen LogP contribution in [0.2, 0.25) is 0 Å². The molecule has 0 amide bonds. The molecule has 0 spiro atoms. The second kappa shape index (κ2) is 4.25. The van der Waals surface area contributed by atoms with Crippen molar-refractivity contribution in [3.05, 3.63) is 41.1 Å². The van der Waals surface area contributed by atoms with Crippen molar-refractivity contribution in [2.75, 3.05) is 0 Å². The second-order valence-electron chi connectivity index (χ2n) is 2.85. The van der Waals surface area contributed by atoms with Gasteiger partial charge in [0, 0.05) is 5.41 Å². The van der Waals surface area contributed by atoms with Crippen LogP contribution in [0, 0.1) is 5.82 Å². The van der Waals surface area contributed by atoms with Crippen molar-refractivity contribution in [1.82, 2.24) is 0 Å². The third-order valence-electron chi connectivity index (χ3n) is 1.61. The van der Waals surface area contributed by atoms with Gasteiger partial charge in [0.05, 0.1) is 0 Å². The monoisotopic (exact) mass is 254 g/mol. The van der Waals surface area contributed by atoms with E-state index in [1.165, 1.54) is 12.1 Å². The minimum atomic E-state index is -5.34. The second-order valence-corrected chi connectivity index (χ2v) is 4.67. The molecule has 0 aromatic heterocycles. The molecule has 0 saturated heterocycles. The Morgan fingerprint density at radius 2 is 1.81 bits per heavy atom. The van der Waals surface area contributed by atoms with Gasteiger partial charge < -0.3 is 0 Å². The lowest BCUT2D eigenvalue weighted by atomic mass is 10.2. The summed E-state index contributed by atoms with van der Waals surface area (Å²) in [6.07, 6.45) is 0.686. The molecule has 0 unspecified atom stereocenters. The van der Waals surface area contributed by atoms with Crippen molar-refractivity contribution in [3.63, 3.8) is 0 Å². The smallest absolute Gasteiger partial charge is 0.215 e. The molecule has 2 nitrogen and oxygen atoms in total. The summed E-state index contributed by atoms with van der Waals surface area (Å²) in [5, 5.41) is 0.00176. The number of hydrogen-bond donors (Lipinski definition) is 0. The Morgan fingerprint density at radius 1 is 1.19 bits per heavy atom. The van der Waals surface area contributed by atoms with Crippen molar-refractivity contribution in [1.29, 1.82) is 0 Å². The first-order chi connectivity index (χ1) is 7.22. The van der Waals surface area contributed by atoms with E-state index >= 15 is 0 Å². The molecule has 0 N–H and O–H groups in total. The Balaban J connectivity index is 2.99. The molecule has 0 bridgehead atoms. The molecule has 1 rings (SSSR count). The fraction of sp³-hybridized carbons (Fsp3) is 0.111. The molecule has 0 atom stereocenters. The minimum Gasteiger partial charge on any atom is -0.215 e. The molecular weight excluding hydrogens is 248 g/mol. The fourth-order valence-electron chi connectivity index (χ4n) is 0.856. The summed E-state index contributed by atoms with van der Waals surface area (Å²) in [7, 11) is -5.31. The molecule has 0 heterocycles. The number of alkyl halides is 3. The minimum absolute atomic E-state index is 0.00176. The molecule has 0 aliphatic carbocycles. The maximum atomic E-state index is 12.6. The zero-order valence-corrected chi connectivity index (χ0v) is 8.52. The molecule has 1 aromatic carbocycles. The maximum Gasteiger partial charge on any atom is 0.501 e. The Morgan fingerprint density at radius 3 is 2.31 bits per heavy atom. The summed E-state index contributed by atoms with van der Waals surface area (Å²) in [6.45, 7) is 0. The number of sulfone groups is 1. The predicted octanol–water partition coefficient (Wildman–Crippen LogP) is 2.73. The lowest BCUT2D eigenvalue weighted by Crippen LogP contribution is -2.20. The summed E-state index contributed by atoms with van der Waals surface area (Å²) in [4.78, 5) is 0. The molecule has 0 radical (unpaired) electrons. The van der Waals surface area contributed by atoms with Gasteiger partial charge >= 0.3 is 5.51 Å². The van der Waals surface area contributed by atoms with Crippen LogP contribution in [0.3, 0.4) is 0 Å². The normalized spacial score (nSPS) is 13.2.